The summed E-state index contributed by atoms with van der Waals surface area (Å²) < 4.78 is 28.2. The van der Waals surface area contributed by atoms with Crippen molar-refractivity contribution in [3.63, 3.8) is 0 Å². The molecular formula is C15H22BrNO2S. The van der Waals surface area contributed by atoms with Gasteiger partial charge in [0.1, 0.15) is 0 Å². The molecule has 0 amide bonds. The molecule has 0 saturated carbocycles. The zero-order valence-electron chi connectivity index (χ0n) is 12.3. The van der Waals surface area contributed by atoms with Crippen LogP contribution in [0.5, 0.6) is 0 Å². The summed E-state index contributed by atoms with van der Waals surface area (Å²) in [6, 6.07) is 3.82. The van der Waals surface area contributed by atoms with Gasteiger partial charge in [0.15, 0.2) is 0 Å². The van der Waals surface area contributed by atoms with Gasteiger partial charge in [-0.1, -0.05) is 13.3 Å². The normalized spacial score (nSPS) is 21.1. The third-order valence-electron chi connectivity index (χ3n) is 4.18. The molecule has 1 aromatic rings. The van der Waals surface area contributed by atoms with E-state index in [2.05, 4.69) is 22.9 Å². The van der Waals surface area contributed by atoms with Crippen LogP contribution >= 0.6 is 15.9 Å². The standard InChI is InChI=1S/C15H22BrNO2S/c1-4-13-7-5-6-8-17(13)20(18,19)15-10-12(3)11(2)9-14(15)16/h9-10,13H,4-8H2,1-3H3/t13-/m0/s1. The minimum Gasteiger partial charge on any atom is -0.207 e. The van der Waals surface area contributed by atoms with E-state index in [1.54, 1.807) is 10.4 Å². The van der Waals surface area contributed by atoms with Gasteiger partial charge in [-0.25, -0.2) is 8.42 Å². The molecule has 0 aliphatic carbocycles. The summed E-state index contributed by atoms with van der Waals surface area (Å²) in [7, 11) is -3.41. The highest BCUT2D eigenvalue weighted by Crippen LogP contribution is 2.32. The van der Waals surface area contributed by atoms with E-state index < -0.39 is 10.0 Å². The number of sulfonamides is 1. The van der Waals surface area contributed by atoms with E-state index in [0.717, 1.165) is 36.8 Å². The van der Waals surface area contributed by atoms with Crippen molar-refractivity contribution in [3.8, 4) is 0 Å². The molecule has 1 aliphatic rings. The predicted molar refractivity (Wildman–Crippen MR) is 85.4 cm³/mol. The summed E-state index contributed by atoms with van der Waals surface area (Å²) in [5, 5.41) is 0. The Hall–Kier alpha value is -0.390. The van der Waals surface area contributed by atoms with Gasteiger partial charge >= 0.3 is 0 Å². The van der Waals surface area contributed by atoms with Gasteiger partial charge in [0.2, 0.25) is 10.0 Å². The van der Waals surface area contributed by atoms with E-state index >= 15 is 0 Å². The zero-order valence-corrected chi connectivity index (χ0v) is 14.7. The Balaban J connectivity index is 2.46. The molecule has 1 aromatic carbocycles. The SMILES string of the molecule is CC[C@H]1CCCCN1S(=O)(=O)c1cc(C)c(C)cc1Br. The van der Waals surface area contributed by atoms with Crippen molar-refractivity contribution < 1.29 is 8.42 Å². The van der Waals surface area contributed by atoms with Gasteiger partial charge in [-0.05, 0) is 72.3 Å². The molecule has 5 heteroatoms. The molecule has 2 rings (SSSR count). The summed E-state index contributed by atoms with van der Waals surface area (Å²) in [6.45, 7) is 6.65. The van der Waals surface area contributed by atoms with Gasteiger partial charge in [-0.3, -0.25) is 0 Å². The van der Waals surface area contributed by atoms with Gasteiger partial charge < -0.3 is 0 Å². The first-order valence-corrected chi connectivity index (χ1v) is 9.39. The Labute approximate surface area is 130 Å². The molecule has 0 N–H and O–H groups in total. The number of hydrogen-bond acceptors (Lipinski definition) is 2. The largest absolute Gasteiger partial charge is 0.244 e. The van der Waals surface area contributed by atoms with Crippen LogP contribution in [0.3, 0.4) is 0 Å². The Morgan fingerprint density at radius 1 is 1.25 bits per heavy atom. The predicted octanol–water partition coefficient (Wildman–Crippen LogP) is 4.02. The third kappa shape index (κ3) is 2.95. The van der Waals surface area contributed by atoms with Crippen LogP contribution < -0.4 is 0 Å². The van der Waals surface area contributed by atoms with Crippen LogP contribution in [0.25, 0.3) is 0 Å². The molecule has 0 spiro atoms. The summed E-state index contributed by atoms with van der Waals surface area (Å²) >= 11 is 3.42. The van der Waals surface area contributed by atoms with Crippen LogP contribution in [0.2, 0.25) is 0 Å². The molecule has 0 aromatic heterocycles. The molecule has 1 heterocycles. The zero-order chi connectivity index (χ0) is 14.9. The quantitative estimate of drug-likeness (QED) is 0.817. The van der Waals surface area contributed by atoms with E-state index in [1.165, 1.54) is 0 Å². The average Bonchev–Trinajstić information content (AvgIpc) is 2.42. The minimum atomic E-state index is -3.41. The Morgan fingerprint density at radius 3 is 2.55 bits per heavy atom. The lowest BCUT2D eigenvalue weighted by atomic mass is 10.0. The Morgan fingerprint density at radius 2 is 1.90 bits per heavy atom. The fourth-order valence-electron chi connectivity index (χ4n) is 2.78. The number of nitrogens with zero attached hydrogens (tertiary/aromatic N) is 1. The molecule has 1 aliphatic heterocycles. The molecule has 20 heavy (non-hydrogen) atoms. The molecule has 1 atom stereocenters. The molecule has 1 saturated heterocycles. The molecule has 1 fully saturated rings. The van der Waals surface area contributed by atoms with E-state index in [9.17, 15) is 8.42 Å². The molecule has 0 unspecified atom stereocenters. The fraction of sp³-hybridized carbons (Fsp3) is 0.600. The van der Waals surface area contributed by atoms with E-state index in [0.29, 0.717) is 15.9 Å². The molecule has 3 nitrogen and oxygen atoms in total. The second-order valence-electron chi connectivity index (χ2n) is 5.54. The first-order valence-electron chi connectivity index (χ1n) is 7.16. The van der Waals surface area contributed by atoms with Gasteiger partial charge in [0, 0.05) is 17.1 Å². The Kier molecular flexibility index (Phi) is 4.92. The number of aryl methyl sites for hydroxylation is 2. The maximum atomic E-state index is 12.9. The molecule has 0 radical (unpaired) electrons. The van der Waals surface area contributed by atoms with Crippen molar-refractivity contribution in [3.05, 3.63) is 27.7 Å². The van der Waals surface area contributed by atoms with Gasteiger partial charge in [0.05, 0.1) is 4.90 Å². The van der Waals surface area contributed by atoms with Crippen LogP contribution in [-0.2, 0) is 10.0 Å². The van der Waals surface area contributed by atoms with Gasteiger partial charge in [-0.2, -0.15) is 4.31 Å². The number of hydrogen-bond donors (Lipinski definition) is 0. The monoisotopic (exact) mass is 359 g/mol. The highest BCUT2D eigenvalue weighted by molar-refractivity contribution is 9.10. The van der Waals surface area contributed by atoms with Gasteiger partial charge in [-0.15, -0.1) is 0 Å². The highest BCUT2D eigenvalue weighted by atomic mass is 79.9. The summed E-state index contributed by atoms with van der Waals surface area (Å²) in [5.41, 5.74) is 2.11. The first-order chi connectivity index (χ1) is 9.37. The van der Waals surface area contributed by atoms with Crippen LogP contribution in [0.4, 0.5) is 0 Å². The van der Waals surface area contributed by atoms with Crippen molar-refractivity contribution >= 4 is 26.0 Å². The second kappa shape index (κ2) is 6.16. The smallest absolute Gasteiger partial charge is 0.207 e. The lowest BCUT2D eigenvalue weighted by molar-refractivity contribution is 0.246. The number of halogens is 1. The maximum absolute atomic E-state index is 12.9. The lowest BCUT2D eigenvalue weighted by Crippen LogP contribution is -2.43. The van der Waals surface area contributed by atoms with Crippen LogP contribution in [0.1, 0.15) is 43.7 Å². The number of benzene rings is 1. The average molecular weight is 360 g/mol. The van der Waals surface area contributed by atoms with Crippen molar-refractivity contribution in [2.24, 2.45) is 0 Å². The highest BCUT2D eigenvalue weighted by Gasteiger charge is 2.33. The van der Waals surface area contributed by atoms with E-state index in [4.69, 9.17) is 0 Å². The lowest BCUT2D eigenvalue weighted by Gasteiger charge is -2.34. The fourth-order valence-corrected chi connectivity index (χ4v) is 5.75. The summed E-state index contributed by atoms with van der Waals surface area (Å²) in [6.07, 6.45) is 3.93. The van der Waals surface area contributed by atoms with Gasteiger partial charge in [0.25, 0.3) is 0 Å². The summed E-state index contributed by atoms with van der Waals surface area (Å²) in [4.78, 5) is 0.404. The van der Waals surface area contributed by atoms with E-state index in [1.807, 2.05) is 19.9 Å². The van der Waals surface area contributed by atoms with E-state index in [-0.39, 0.29) is 6.04 Å². The van der Waals surface area contributed by atoms with Crippen LogP contribution in [0, 0.1) is 13.8 Å². The second-order valence-corrected chi connectivity index (χ2v) is 8.25. The van der Waals surface area contributed by atoms with Crippen LogP contribution in [-0.4, -0.2) is 25.3 Å². The molecule has 0 bridgehead atoms. The van der Waals surface area contributed by atoms with Crippen molar-refractivity contribution in [2.75, 3.05) is 6.54 Å². The van der Waals surface area contributed by atoms with Crippen molar-refractivity contribution in [2.45, 2.75) is 57.4 Å². The minimum absolute atomic E-state index is 0.141. The van der Waals surface area contributed by atoms with Crippen molar-refractivity contribution in [1.29, 1.82) is 0 Å². The third-order valence-corrected chi connectivity index (χ3v) is 7.09. The maximum Gasteiger partial charge on any atom is 0.244 e. The summed E-state index contributed by atoms with van der Waals surface area (Å²) in [5.74, 6) is 0. The van der Waals surface area contributed by atoms with Crippen molar-refractivity contribution in [1.82, 2.24) is 4.31 Å². The number of rotatable bonds is 3. The molecule has 112 valence electrons. The van der Waals surface area contributed by atoms with Crippen LogP contribution in [0.15, 0.2) is 21.5 Å². The molecular weight excluding hydrogens is 338 g/mol. The Bertz CT molecular complexity index is 598. The topological polar surface area (TPSA) is 37.4 Å². The number of piperidine rings is 1. The first kappa shape index (κ1) is 16.0.